The van der Waals surface area contributed by atoms with E-state index in [4.69, 9.17) is 0 Å². The summed E-state index contributed by atoms with van der Waals surface area (Å²) in [4.78, 5) is 45.9. The van der Waals surface area contributed by atoms with Crippen molar-refractivity contribution in [1.82, 2.24) is 9.13 Å². The number of hydrogen-bond acceptors (Lipinski definition) is 7. The molecule has 0 aliphatic rings. The van der Waals surface area contributed by atoms with Crippen LogP contribution >= 0.6 is 31.9 Å². The Morgan fingerprint density at radius 2 is 1.47 bits per heavy atom. The Morgan fingerprint density at radius 1 is 0.938 bits per heavy atom. The summed E-state index contributed by atoms with van der Waals surface area (Å²) in [7, 11) is 4.25. The van der Waals surface area contributed by atoms with Crippen LogP contribution in [0.15, 0.2) is 64.1 Å². The Morgan fingerprint density at radius 3 is 2.03 bits per heavy atom. The molecule has 0 saturated carbocycles. The molecule has 0 spiro atoms. The molecule has 166 valence electrons. The van der Waals surface area contributed by atoms with Gasteiger partial charge in [-0.05, 0) is 36.4 Å². The number of rotatable bonds is 1. The van der Waals surface area contributed by atoms with Gasteiger partial charge in [-0.15, -0.1) is 0 Å². The van der Waals surface area contributed by atoms with Crippen LogP contribution in [0.5, 0.6) is 5.75 Å². The molecule has 0 unspecified atom stereocenters. The fourth-order valence-corrected chi connectivity index (χ4v) is 3.74. The van der Waals surface area contributed by atoms with Crippen molar-refractivity contribution in [2.75, 3.05) is 7.11 Å². The van der Waals surface area contributed by atoms with Crippen molar-refractivity contribution in [3.63, 3.8) is 0 Å². The molecule has 32 heavy (non-hydrogen) atoms. The Labute approximate surface area is 196 Å². The minimum Gasteiger partial charge on any atom is -0.506 e. The molecule has 0 aliphatic heterocycles. The second kappa shape index (κ2) is 9.13. The first-order chi connectivity index (χ1) is 15.1. The molecule has 0 saturated heterocycles. The first-order valence-corrected chi connectivity index (χ1v) is 10.5. The van der Waals surface area contributed by atoms with Crippen LogP contribution in [0.1, 0.15) is 10.4 Å². The second-order valence-electron chi connectivity index (χ2n) is 6.62. The van der Waals surface area contributed by atoms with Gasteiger partial charge in [0.15, 0.2) is 5.56 Å². The molecular formula is C21H16Br2N2O7. The van der Waals surface area contributed by atoms with E-state index < -0.39 is 22.9 Å². The van der Waals surface area contributed by atoms with Crippen molar-refractivity contribution in [2.24, 2.45) is 14.1 Å². The molecule has 11 heteroatoms. The van der Waals surface area contributed by atoms with Gasteiger partial charge in [0.05, 0.1) is 23.5 Å². The number of pyridine rings is 1. The molecule has 2 aromatic carbocycles. The van der Waals surface area contributed by atoms with Gasteiger partial charge in [0.1, 0.15) is 5.75 Å². The number of methoxy groups -OCH3 is 1. The number of aromatic hydroxyl groups is 1. The van der Waals surface area contributed by atoms with Gasteiger partial charge in [0.2, 0.25) is 0 Å². The van der Waals surface area contributed by atoms with Gasteiger partial charge in [-0.2, -0.15) is 0 Å². The van der Waals surface area contributed by atoms with Gasteiger partial charge in [-0.25, -0.2) is 14.4 Å². The Hall–Kier alpha value is -3.18. The number of hydrogen-bond donors (Lipinski definition) is 1. The molecule has 0 fully saturated rings. The molecule has 0 amide bonds. The molecule has 2 aromatic heterocycles. The SMILES string of the molecule is COC(=O)c1c(O)c2ccc(Br)cc2n(C)c1=O.Cn1c(=O)oc(=O)c2ccc(Br)cc21. The van der Waals surface area contributed by atoms with E-state index in [0.717, 1.165) is 16.1 Å². The molecule has 1 N–H and O–H groups in total. The van der Waals surface area contributed by atoms with Crippen molar-refractivity contribution in [3.8, 4) is 5.75 Å². The lowest BCUT2D eigenvalue weighted by Gasteiger charge is -2.10. The molecule has 0 atom stereocenters. The fourth-order valence-electron chi connectivity index (χ4n) is 3.04. The number of aryl methyl sites for hydroxylation is 2. The number of carbonyl (C=O) groups is 1. The Kier molecular flexibility index (Phi) is 6.70. The predicted molar refractivity (Wildman–Crippen MR) is 125 cm³/mol. The quantitative estimate of drug-likeness (QED) is 0.351. The average molecular weight is 568 g/mol. The number of benzene rings is 2. The zero-order valence-corrected chi connectivity index (χ0v) is 20.2. The zero-order valence-electron chi connectivity index (χ0n) is 17.0. The van der Waals surface area contributed by atoms with Crippen molar-refractivity contribution in [3.05, 3.63) is 82.2 Å². The smallest absolute Gasteiger partial charge is 0.422 e. The molecule has 0 aliphatic carbocycles. The molecule has 9 nitrogen and oxygen atoms in total. The van der Waals surface area contributed by atoms with Gasteiger partial charge in [-0.3, -0.25) is 9.36 Å². The van der Waals surface area contributed by atoms with Crippen molar-refractivity contribution >= 4 is 59.6 Å². The lowest BCUT2D eigenvalue weighted by atomic mass is 10.1. The number of nitrogens with zero attached hydrogens (tertiary/aromatic N) is 2. The van der Waals surface area contributed by atoms with E-state index in [2.05, 4.69) is 41.0 Å². The molecule has 0 radical (unpaired) electrons. The molecule has 4 aromatic rings. The van der Waals surface area contributed by atoms with Crippen LogP contribution in [-0.4, -0.2) is 27.3 Å². The minimum absolute atomic E-state index is 0.352. The van der Waals surface area contributed by atoms with Gasteiger partial charge in [-0.1, -0.05) is 31.9 Å². The minimum atomic E-state index is -0.849. The highest BCUT2D eigenvalue weighted by Gasteiger charge is 2.21. The lowest BCUT2D eigenvalue weighted by Crippen LogP contribution is -2.25. The first-order valence-electron chi connectivity index (χ1n) is 8.95. The number of esters is 1. The van der Waals surface area contributed by atoms with Crippen LogP contribution in [0.3, 0.4) is 0 Å². The third-order valence-corrected chi connectivity index (χ3v) is 5.70. The summed E-state index contributed by atoms with van der Waals surface area (Å²) in [6.45, 7) is 0. The maximum atomic E-state index is 12.0. The van der Waals surface area contributed by atoms with Crippen molar-refractivity contribution in [1.29, 1.82) is 0 Å². The summed E-state index contributed by atoms with van der Waals surface area (Å²) >= 11 is 6.56. The van der Waals surface area contributed by atoms with E-state index >= 15 is 0 Å². The van der Waals surface area contributed by atoms with Gasteiger partial charge < -0.3 is 18.8 Å². The lowest BCUT2D eigenvalue weighted by molar-refractivity contribution is 0.0595. The summed E-state index contributed by atoms with van der Waals surface area (Å²) in [6, 6.07) is 10.1. The standard InChI is InChI=1S/C12H10BrNO4.C9H6BrNO3/c1-14-8-5-6(13)3-4-7(8)10(15)9(11(14)16)12(17)18-2;1-11-7-4-5(10)2-3-6(7)8(12)14-9(11)13/h3-5,15H,1-2H3;2-4H,1H3. The second-order valence-corrected chi connectivity index (χ2v) is 8.45. The van der Waals surface area contributed by atoms with Crippen LogP contribution in [-0.2, 0) is 18.8 Å². The fraction of sp³-hybridized carbons (Fsp3) is 0.143. The van der Waals surface area contributed by atoms with Crippen molar-refractivity contribution in [2.45, 2.75) is 0 Å². The van der Waals surface area contributed by atoms with E-state index in [-0.39, 0.29) is 11.3 Å². The van der Waals surface area contributed by atoms with Crippen LogP contribution < -0.4 is 16.9 Å². The van der Waals surface area contributed by atoms with Crippen molar-refractivity contribution < 1.29 is 19.1 Å². The molecular weight excluding hydrogens is 552 g/mol. The largest absolute Gasteiger partial charge is 0.506 e. The van der Waals surface area contributed by atoms with Crippen LogP contribution in [0.4, 0.5) is 0 Å². The maximum Gasteiger partial charge on any atom is 0.422 e. The summed E-state index contributed by atoms with van der Waals surface area (Å²) in [5.74, 6) is -1.86. The topological polar surface area (TPSA) is 121 Å². The van der Waals surface area contributed by atoms with Gasteiger partial charge >= 0.3 is 17.4 Å². The van der Waals surface area contributed by atoms with Crippen LogP contribution in [0.25, 0.3) is 21.8 Å². The van der Waals surface area contributed by atoms with E-state index in [9.17, 15) is 24.3 Å². The number of fused-ring (bicyclic) bond motifs is 2. The monoisotopic (exact) mass is 566 g/mol. The average Bonchev–Trinajstić information content (AvgIpc) is 2.76. The van der Waals surface area contributed by atoms with E-state index in [1.165, 1.54) is 16.2 Å². The summed E-state index contributed by atoms with van der Waals surface area (Å²) in [5, 5.41) is 10.8. The van der Waals surface area contributed by atoms with Gasteiger partial charge in [0.25, 0.3) is 5.56 Å². The molecule has 2 heterocycles. The predicted octanol–water partition coefficient (Wildman–Crippen LogP) is 3.05. The highest BCUT2D eigenvalue weighted by atomic mass is 79.9. The zero-order chi connectivity index (χ0) is 23.7. The van der Waals surface area contributed by atoms with Crippen LogP contribution in [0, 0.1) is 0 Å². The summed E-state index contributed by atoms with van der Waals surface area (Å²) in [5.41, 5.74) is -0.462. The van der Waals surface area contributed by atoms with E-state index in [1.54, 1.807) is 43.4 Å². The number of halogens is 2. The van der Waals surface area contributed by atoms with E-state index in [1.807, 2.05) is 0 Å². The van der Waals surface area contributed by atoms with Crippen LogP contribution in [0.2, 0.25) is 0 Å². The first kappa shape index (κ1) is 23.5. The normalized spacial score (nSPS) is 10.7. The Bertz CT molecular complexity index is 1550. The number of aromatic nitrogens is 2. The van der Waals surface area contributed by atoms with E-state index in [0.29, 0.717) is 21.8 Å². The van der Waals surface area contributed by atoms with Gasteiger partial charge in [0, 0.05) is 28.4 Å². The Balaban J connectivity index is 0.000000186. The third kappa shape index (κ3) is 4.26. The molecule has 0 bridgehead atoms. The summed E-state index contributed by atoms with van der Waals surface area (Å²) < 4.78 is 13.2. The highest BCUT2D eigenvalue weighted by Crippen LogP contribution is 2.28. The third-order valence-electron chi connectivity index (χ3n) is 4.72. The molecule has 4 rings (SSSR count). The maximum absolute atomic E-state index is 12.0. The highest BCUT2D eigenvalue weighted by molar-refractivity contribution is 9.10. The number of carbonyl (C=O) groups excluding carboxylic acids is 1. The summed E-state index contributed by atoms with van der Waals surface area (Å²) in [6.07, 6.45) is 0. The number of ether oxygens (including phenoxy) is 1.